The molecule has 1 aromatic carbocycles. The average molecular weight is 343 g/mol. The van der Waals surface area contributed by atoms with Gasteiger partial charge in [-0.15, -0.1) is 12.4 Å². The van der Waals surface area contributed by atoms with Crippen molar-refractivity contribution < 1.29 is 0 Å². The van der Waals surface area contributed by atoms with Crippen molar-refractivity contribution in [1.82, 2.24) is 14.9 Å². The second-order valence-electron chi connectivity index (χ2n) is 5.84. The number of nitrogens with two attached hydrogens (primary N) is 1. The first-order valence-corrected chi connectivity index (χ1v) is 7.57. The van der Waals surface area contributed by atoms with Gasteiger partial charge in [-0.1, -0.05) is 18.5 Å². The summed E-state index contributed by atoms with van der Waals surface area (Å²) >= 11 is 5.92. The standard InChI is InChI=1S/C15H19ClN4O.ClH/c1-9-7-20(5-4-12(9)17)8-14-18-13-3-2-10(16)6-11(13)15(21)19-14;/h2-3,6,9,12H,4-5,7-8,17H2,1H3,(H,18,19,21);1H. The van der Waals surface area contributed by atoms with Crippen LogP contribution >= 0.6 is 24.0 Å². The molecule has 1 saturated heterocycles. The number of nitrogens with zero attached hydrogens (tertiary/aromatic N) is 2. The van der Waals surface area contributed by atoms with E-state index >= 15 is 0 Å². The molecule has 3 rings (SSSR count). The highest BCUT2D eigenvalue weighted by Crippen LogP contribution is 2.18. The second kappa shape index (κ2) is 6.96. The lowest BCUT2D eigenvalue weighted by Crippen LogP contribution is -2.45. The summed E-state index contributed by atoms with van der Waals surface area (Å²) in [5, 5.41) is 1.07. The molecule has 0 aliphatic carbocycles. The van der Waals surface area contributed by atoms with E-state index in [1.54, 1.807) is 18.2 Å². The van der Waals surface area contributed by atoms with Gasteiger partial charge in [0.15, 0.2) is 0 Å². The predicted molar refractivity (Wildman–Crippen MR) is 91.7 cm³/mol. The van der Waals surface area contributed by atoms with E-state index in [9.17, 15) is 4.79 Å². The van der Waals surface area contributed by atoms with E-state index in [4.69, 9.17) is 17.3 Å². The van der Waals surface area contributed by atoms with Gasteiger partial charge in [-0.05, 0) is 30.5 Å². The zero-order valence-corrected chi connectivity index (χ0v) is 14.0. The molecular formula is C15H20Cl2N4O. The Balaban J connectivity index is 0.00000176. The van der Waals surface area contributed by atoms with E-state index in [-0.39, 0.29) is 24.0 Å². The number of benzene rings is 1. The van der Waals surface area contributed by atoms with Gasteiger partial charge in [0, 0.05) is 24.2 Å². The molecule has 0 bridgehead atoms. The first kappa shape index (κ1) is 17.2. The van der Waals surface area contributed by atoms with Crippen LogP contribution in [0.15, 0.2) is 23.0 Å². The van der Waals surface area contributed by atoms with Crippen LogP contribution in [-0.2, 0) is 6.54 Å². The zero-order chi connectivity index (χ0) is 15.0. The van der Waals surface area contributed by atoms with Gasteiger partial charge in [-0.3, -0.25) is 9.69 Å². The summed E-state index contributed by atoms with van der Waals surface area (Å²) in [5.74, 6) is 1.15. The van der Waals surface area contributed by atoms with E-state index in [1.165, 1.54) is 0 Å². The molecule has 1 aliphatic rings. The van der Waals surface area contributed by atoms with Gasteiger partial charge in [-0.25, -0.2) is 4.98 Å². The summed E-state index contributed by atoms with van der Waals surface area (Å²) in [7, 11) is 0. The number of aromatic amines is 1. The third-order valence-electron chi connectivity index (χ3n) is 4.15. The molecule has 7 heteroatoms. The summed E-state index contributed by atoms with van der Waals surface area (Å²) in [6.45, 7) is 4.68. The second-order valence-corrected chi connectivity index (χ2v) is 6.28. The monoisotopic (exact) mass is 342 g/mol. The van der Waals surface area contributed by atoms with Gasteiger partial charge in [0.1, 0.15) is 5.82 Å². The number of hydrogen-bond donors (Lipinski definition) is 2. The van der Waals surface area contributed by atoms with Crippen LogP contribution in [0.3, 0.4) is 0 Å². The summed E-state index contributed by atoms with van der Waals surface area (Å²) in [4.78, 5) is 21.8. The smallest absolute Gasteiger partial charge is 0.258 e. The van der Waals surface area contributed by atoms with Crippen molar-refractivity contribution in [3.05, 3.63) is 39.4 Å². The molecule has 0 amide bonds. The largest absolute Gasteiger partial charge is 0.327 e. The number of halogens is 2. The first-order chi connectivity index (χ1) is 10.0. The van der Waals surface area contributed by atoms with Crippen LogP contribution in [0.2, 0.25) is 5.02 Å². The highest BCUT2D eigenvalue weighted by molar-refractivity contribution is 6.31. The van der Waals surface area contributed by atoms with Crippen LogP contribution in [-0.4, -0.2) is 34.0 Å². The SMILES string of the molecule is CC1CN(Cc2nc3ccc(Cl)cc3c(=O)[nH]2)CCC1N.Cl. The first-order valence-electron chi connectivity index (χ1n) is 7.19. The van der Waals surface area contributed by atoms with Gasteiger partial charge in [0.25, 0.3) is 5.56 Å². The van der Waals surface area contributed by atoms with E-state index in [2.05, 4.69) is 21.8 Å². The summed E-state index contributed by atoms with van der Waals surface area (Å²) < 4.78 is 0. The molecule has 0 radical (unpaired) electrons. The maximum absolute atomic E-state index is 12.1. The molecule has 22 heavy (non-hydrogen) atoms. The number of likely N-dealkylation sites (tertiary alicyclic amines) is 1. The molecule has 2 atom stereocenters. The van der Waals surface area contributed by atoms with Crippen molar-refractivity contribution >= 4 is 34.9 Å². The minimum Gasteiger partial charge on any atom is -0.327 e. The molecule has 0 spiro atoms. The Hall–Kier alpha value is -1.14. The van der Waals surface area contributed by atoms with Crippen molar-refractivity contribution in [2.45, 2.75) is 25.9 Å². The normalized spacial score (nSPS) is 22.5. The van der Waals surface area contributed by atoms with Crippen LogP contribution in [0.4, 0.5) is 0 Å². The van der Waals surface area contributed by atoms with Crippen LogP contribution in [0, 0.1) is 5.92 Å². The van der Waals surface area contributed by atoms with Gasteiger partial charge in [-0.2, -0.15) is 0 Å². The lowest BCUT2D eigenvalue weighted by atomic mass is 9.95. The van der Waals surface area contributed by atoms with E-state index in [1.807, 2.05) is 0 Å². The fourth-order valence-electron chi connectivity index (χ4n) is 2.84. The van der Waals surface area contributed by atoms with Crippen molar-refractivity contribution in [2.75, 3.05) is 13.1 Å². The number of rotatable bonds is 2. The Kier molecular flexibility index (Phi) is 5.45. The number of hydrogen-bond acceptors (Lipinski definition) is 4. The number of aromatic nitrogens is 2. The highest BCUT2D eigenvalue weighted by atomic mass is 35.5. The molecule has 2 heterocycles. The molecule has 1 aliphatic heterocycles. The molecule has 1 fully saturated rings. The number of fused-ring (bicyclic) bond motifs is 1. The minimum absolute atomic E-state index is 0. The number of nitrogens with one attached hydrogen (secondary N) is 1. The topological polar surface area (TPSA) is 75.0 Å². The Morgan fingerprint density at radius 1 is 1.50 bits per heavy atom. The van der Waals surface area contributed by atoms with E-state index in [0.717, 1.165) is 19.5 Å². The predicted octanol–water partition coefficient (Wildman–Crippen LogP) is 2.17. The number of H-pyrrole nitrogens is 1. The van der Waals surface area contributed by atoms with Crippen molar-refractivity contribution in [3.8, 4) is 0 Å². The summed E-state index contributed by atoms with van der Waals surface area (Å²) in [5.41, 5.74) is 6.57. The fraction of sp³-hybridized carbons (Fsp3) is 0.467. The number of piperidine rings is 1. The Bertz CT molecular complexity index is 718. The van der Waals surface area contributed by atoms with Gasteiger partial charge < -0.3 is 10.7 Å². The highest BCUT2D eigenvalue weighted by Gasteiger charge is 2.23. The summed E-state index contributed by atoms with van der Waals surface area (Å²) in [6.07, 6.45) is 0.981. The summed E-state index contributed by atoms with van der Waals surface area (Å²) in [6, 6.07) is 5.45. The average Bonchev–Trinajstić information content (AvgIpc) is 2.44. The van der Waals surface area contributed by atoms with Crippen LogP contribution in [0.25, 0.3) is 10.9 Å². The molecule has 2 unspecified atom stereocenters. The maximum Gasteiger partial charge on any atom is 0.258 e. The van der Waals surface area contributed by atoms with E-state index < -0.39 is 0 Å². The Labute approximate surface area is 140 Å². The Morgan fingerprint density at radius 2 is 2.27 bits per heavy atom. The molecule has 2 aromatic rings. The van der Waals surface area contributed by atoms with Gasteiger partial charge >= 0.3 is 0 Å². The zero-order valence-electron chi connectivity index (χ0n) is 12.4. The quantitative estimate of drug-likeness (QED) is 0.876. The van der Waals surface area contributed by atoms with Crippen molar-refractivity contribution in [3.63, 3.8) is 0 Å². The lowest BCUT2D eigenvalue weighted by molar-refractivity contribution is 0.154. The third kappa shape index (κ3) is 3.60. The van der Waals surface area contributed by atoms with Gasteiger partial charge in [0.2, 0.25) is 0 Å². The molecule has 3 N–H and O–H groups in total. The molecule has 120 valence electrons. The van der Waals surface area contributed by atoms with Crippen molar-refractivity contribution in [2.24, 2.45) is 11.7 Å². The molecule has 5 nitrogen and oxygen atoms in total. The maximum atomic E-state index is 12.1. The van der Waals surface area contributed by atoms with Crippen LogP contribution in [0.5, 0.6) is 0 Å². The molecular weight excluding hydrogens is 323 g/mol. The van der Waals surface area contributed by atoms with E-state index in [0.29, 0.717) is 34.2 Å². The third-order valence-corrected chi connectivity index (χ3v) is 4.38. The molecule has 1 aromatic heterocycles. The molecule has 0 saturated carbocycles. The minimum atomic E-state index is -0.140. The van der Waals surface area contributed by atoms with Crippen LogP contribution in [0.1, 0.15) is 19.2 Å². The fourth-order valence-corrected chi connectivity index (χ4v) is 3.01. The van der Waals surface area contributed by atoms with Crippen molar-refractivity contribution in [1.29, 1.82) is 0 Å². The van der Waals surface area contributed by atoms with Gasteiger partial charge in [0.05, 0.1) is 17.4 Å². The lowest BCUT2D eigenvalue weighted by Gasteiger charge is -2.34. The van der Waals surface area contributed by atoms with Crippen LogP contribution < -0.4 is 11.3 Å². The Morgan fingerprint density at radius 3 is 3.00 bits per heavy atom.